The van der Waals surface area contributed by atoms with Gasteiger partial charge in [0.15, 0.2) is 0 Å². The van der Waals surface area contributed by atoms with Crippen LogP contribution in [0, 0.1) is 0 Å². The Balaban J connectivity index is 0.000000583. The number of carbonyl (C=O) groups is 2. The van der Waals surface area contributed by atoms with E-state index in [2.05, 4.69) is 12.7 Å². The molecule has 1 aromatic rings. The van der Waals surface area contributed by atoms with Crippen LogP contribution in [0.2, 0.25) is 0 Å². The first kappa shape index (κ1) is 13.2. The van der Waals surface area contributed by atoms with Crippen LogP contribution in [0.25, 0.3) is 0 Å². The zero-order chi connectivity index (χ0) is 11.7. The second kappa shape index (κ2) is 7.55. The van der Waals surface area contributed by atoms with Gasteiger partial charge in [0.05, 0.1) is 6.42 Å². The summed E-state index contributed by atoms with van der Waals surface area (Å²) in [5.41, 5.74) is 11.5. The van der Waals surface area contributed by atoms with Gasteiger partial charge in [-0.1, -0.05) is 31.2 Å². The van der Waals surface area contributed by atoms with Crippen LogP contribution in [0.15, 0.2) is 24.3 Å². The average Bonchev–Trinajstić information content (AvgIpc) is 2.19. The Hall–Kier alpha value is -1.84. The van der Waals surface area contributed by atoms with Crippen LogP contribution in [0.3, 0.4) is 0 Å². The molecule has 1 aromatic carbocycles. The summed E-state index contributed by atoms with van der Waals surface area (Å²) in [6, 6.07) is 7.95. The highest BCUT2D eigenvalue weighted by molar-refractivity contribution is 5.76. The Morgan fingerprint density at radius 2 is 1.67 bits per heavy atom. The van der Waals surface area contributed by atoms with Gasteiger partial charge in [0.1, 0.15) is 0 Å². The van der Waals surface area contributed by atoms with E-state index in [0.29, 0.717) is 6.42 Å². The van der Waals surface area contributed by atoms with Crippen molar-refractivity contribution >= 4 is 12.3 Å². The van der Waals surface area contributed by atoms with Crippen molar-refractivity contribution in [1.82, 2.24) is 0 Å². The maximum Gasteiger partial charge on any atom is 0.221 e. The molecular formula is C11H16N2O2. The average molecular weight is 208 g/mol. The van der Waals surface area contributed by atoms with Crippen LogP contribution in [-0.2, 0) is 22.4 Å². The van der Waals surface area contributed by atoms with E-state index in [-0.39, 0.29) is 12.3 Å². The molecule has 1 rings (SSSR count). The van der Waals surface area contributed by atoms with E-state index in [1.54, 1.807) is 0 Å². The molecular weight excluding hydrogens is 192 g/mol. The molecule has 0 spiro atoms. The fraction of sp³-hybridized carbons (Fsp3) is 0.273. The lowest BCUT2D eigenvalue weighted by molar-refractivity contribution is -0.117. The third kappa shape index (κ3) is 6.26. The largest absolute Gasteiger partial charge is 0.372 e. The molecule has 0 unspecified atom stereocenters. The molecule has 0 aromatic heterocycles. The number of hydrogen-bond donors (Lipinski definition) is 2. The molecule has 0 aliphatic rings. The first-order valence-electron chi connectivity index (χ1n) is 4.65. The summed E-state index contributed by atoms with van der Waals surface area (Å²) in [4.78, 5) is 19.1. The lowest BCUT2D eigenvalue weighted by Crippen LogP contribution is -2.13. The molecule has 2 amide bonds. The van der Waals surface area contributed by atoms with Crippen molar-refractivity contribution in [2.75, 3.05) is 0 Å². The molecule has 0 aliphatic heterocycles. The highest BCUT2D eigenvalue weighted by Crippen LogP contribution is 2.04. The fourth-order valence-electron chi connectivity index (χ4n) is 1.09. The fourth-order valence-corrected chi connectivity index (χ4v) is 1.09. The van der Waals surface area contributed by atoms with Crippen molar-refractivity contribution in [1.29, 1.82) is 0 Å². The van der Waals surface area contributed by atoms with Crippen LogP contribution in [-0.4, -0.2) is 12.3 Å². The van der Waals surface area contributed by atoms with Crippen LogP contribution in [0.4, 0.5) is 0 Å². The molecule has 4 N–H and O–H groups in total. The van der Waals surface area contributed by atoms with Crippen molar-refractivity contribution in [3.05, 3.63) is 35.4 Å². The number of amides is 2. The van der Waals surface area contributed by atoms with Gasteiger partial charge in [0.2, 0.25) is 12.3 Å². The maximum absolute atomic E-state index is 10.5. The van der Waals surface area contributed by atoms with Gasteiger partial charge < -0.3 is 11.5 Å². The third-order valence-electron chi connectivity index (χ3n) is 1.81. The quantitative estimate of drug-likeness (QED) is 0.703. The number of hydrogen-bond acceptors (Lipinski definition) is 2. The van der Waals surface area contributed by atoms with Crippen molar-refractivity contribution in [2.24, 2.45) is 11.5 Å². The summed E-state index contributed by atoms with van der Waals surface area (Å²) < 4.78 is 0. The van der Waals surface area contributed by atoms with E-state index in [1.807, 2.05) is 24.3 Å². The van der Waals surface area contributed by atoms with E-state index in [0.717, 1.165) is 12.0 Å². The smallest absolute Gasteiger partial charge is 0.221 e. The molecule has 0 radical (unpaired) electrons. The number of carbonyl (C=O) groups excluding carboxylic acids is 2. The minimum atomic E-state index is -0.278. The van der Waals surface area contributed by atoms with E-state index in [9.17, 15) is 4.79 Å². The Bertz CT molecular complexity index is 307. The standard InChI is InChI=1S/C10H13NO.CH3NO/c1-2-8-3-5-9(6-4-8)7-10(11)12;2-1-3/h3-6H,2,7H2,1H3,(H2,11,12);1H,(H2,2,3). The number of aryl methyl sites for hydroxylation is 1. The molecule has 0 atom stereocenters. The zero-order valence-corrected chi connectivity index (χ0v) is 8.77. The van der Waals surface area contributed by atoms with E-state index >= 15 is 0 Å². The van der Waals surface area contributed by atoms with Gasteiger partial charge in [-0.15, -0.1) is 0 Å². The molecule has 15 heavy (non-hydrogen) atoms. The van der Waals surface area contributed by atoms with Gasteiger partial charge in [-0.2, -0.15) is 0 Å². The first-order chi connectivity index (χ1) is 7.13. The highest BCUT2D eigenvalue weighted by atomic mass is 16.1. The van der Waals surface area contributed by atoms with Crippen molar-refractivity contribution in [3.8, 4) is 0 Å². The molecule has 0 fully saturated rings. The van der Waals surface area contributed by atoms with Gasteiger partial charge in [-0.25, -0.2) is 0 Å². The molecule has 0 heterocycles. The Kier molecular flexibility index (Phi) is 6.63. The van der Waals surface area contributed by atoms with Crippen molar-refractivity contribution in [2.45, 2.75) is 19.8 Å². The summed E-state index contributed by atoms with van der Waals surface area (Å²) in [5.74, 6) is -0.278. The molecule has 4 heteroatoms. The van der Waals surface area contributed by atoms with Crippen LogP contribution < -0.4 is 11.5 Å². The Labute approximate surface area is 89.3 Å². The summed E-state index contributed by atoms with van der Waals surface area (Å²) in [7, 11) is 0. The van der Waals surface area contributed by atoms with Gasteiger partial charge in [0.25, 0.3) is 0 Å². The van der Waals surface area contributed by atoms with Gasteiger partial charge in [0, 0.05) is 0 Å². The summed E-state index contributed by atoms with van der Waals surface area (Å²) in [6.07, 6.45) is 1.61. The van der Waals surface area contributed by atoms with Crippen LogP contribution in [0.5, 0.6) is 0 Å². The van der Waals surface area contributed by atoms with E-state index in [4.69, 9.17) is 10.5 Å². The number of nitrogens with two attached hydrogens (primary N) is 2. The number of primary amides is 2. The molecule has 82 valence electrons. The SMILES string of the molecule is CCc1ccc(CC(N)=O)cc1.NC=O. The Morgan fingerprint density at radius 3 is 2.00 bits per heavy atom. The third-order valence-corrected chi connectivity index (χ3v) is 1.81. The molecule has 0 saturated heterocycles. The highest BCUT2D eigenvalue weighted by Gasteiger charge is 1.96. The van der Waals surface area contributed by atoms with E-state index < -0.39 is 0 Å². The van der Waals surface area contributed by atoms with Gasteiger partial charge >= 0.3 is 0 Å². The predicted octanol–water partition coefficient (Wildman–Crippen LogP) is 0.378. The minimum absolute atomic E-state index is 0.250. The minimum Gasteiger partial charge on any atom is -0.372 e. The normalized spacial score (nSPS) is 8.60. The summed E-state index contributed by atoms with van der Waals surface area (Å²) in [5, 5.41) is 0. The van der Waals surface area contributed by atoms with Gasteiger partial charge in [-0.05, 0) is 17.5 Å². The zero-order valence-electron chi connectivity index (χ0n) is 8.77. The first-order valence-corrected chi connectivity index (χ1v) is 4.65. The van der Waals surface area contributed by atoms with Crippen LogP contribution >= 0.6 is 0 Å². The van der Waals surface area contributed by atoms with Crippen molar-refractivity contribution in [3.63, 3.8) is 0 Å². The summed E-state index contributed by atoms with van der Waals surface area (Å²) >= 11 is 0. The lowest BCUT2D eigenvalue weighted by atomic mass is 10.1. The van der Waals surface area contributed by atoms with Crippen molar-refractivity contribution < 1.29 is 9.59 Å². The number of benzene rings is 1. The monoisotopic (exact) mass is 208 g/mol. The maximum atomic E-state index is 10.5. The predicted molar refractivity (Wildman–Crippen MR) is 59.0 cm³/mol. The van der Waals surface area contributed by atoms with E-state index in [1.165, 1.54) is 5.56 Å². The molecule has 0 aliphatic carbocycles. The second-order valence-electron chi connectivity index (χ2n) is 2.95. The topological polar surface area (TPSA) is 86.2 Å². The lowest BCUT2D eigenvalue weighted by Gasteiger charge is -1.99. The Morgan fingerprint density at radius 1 is 1.27 bits per heavy atom. The summed E-state index contributed by atoms with van der Waals surface area (Å²) in [6.45, 7) is 2.10. The second-order valence-corrected chi connectivity index (χ2v) is 2.95. The van der Waals surface area contributed by atoms with Gasteiger partial charge in [-0.3, -0.25) is 9.59 Å². The number of rotatable bonds is 3. The molecule has 0 bridgehead atoms. The van der Waals surface area contributed by atoms with Crippen LogP contribution in [0.1, 0.15) is 18.1 Å². The molecule has 4 nitrogen and oxygen atoms in total. The molecule has 0 saturated carbocycles.